The van der Waals surface area contributed by atoms with Crippen LogP contribution in [0.5, 0.6) is 0 Å². The van der Waals surface area contributed by atoms with Gasteiger partial charge in [-0.05, 0) is 50.3 Å². The third kappa shape index (κ3) is 5.11. The van der Waals surface area contributed by atoms with Gasteiger partial charge in [0, 0.05) is 37.6 Å². The van der Waals surface area contributed by atoms with Crippen LogP contribution in [0.25, 0.3) is 0 Å². The van der Waals surface area contributed by atoms with Crippen LogP contribution in [0.1, 0.15) is 31.2 Å². The molecule has 2 heterocycles. The molecule has 2 aliphatic rings. The van der Waals surface area contributed by atoms with Crippen LogP contribution in [0, 0.1) is 6.92 Å². The summed E-state index contributed by atoms with van der Waals surface area (Å²) < 4.78 is 0. The number of carbonyl (C=O) groups is 2. The van der Waals surface area contributed by atoms with Gasteiger partial charge in [-0.15, -0.1) is 0 Å². The zero-order valence-corrected chi connectivity index (χ0v) is 15.6. The number of aliphatic hydroxyl groups excluding tert-OH is 2. The molecule has 2 aliphatic heterocycles. The first-order chi connectivity index (χ1) is 12.9. The molecule has 0 aliphatic carbocycles. The minimum atomic E-state index is -0.328. The summed E-state index contributed by atoms with van der Waals surface area (Å²) in [6.07, 6.45) is 1.71. The van der Waals surface area contributed by atoms with Crippen molar-refractivity contribution < 1.29 is 19.8 Å². The normalized spacial score (nSPS) is 19.1. The number of nitrogens with zero attached hydrogens (tertiary/aromatic N) is 2. The summed E-state index contributed by atoms with van der Waals surface area (Å²) in [4.78, 5) is 28.2. The van der Waals surface area contributed by atoms with Crippen LogP contribution >= 0.6 is 0 Å². The maximum absolute atomic E-state index is 12.5. The molecule has 0 radical (unpaired) electrons. The average molecular weight is 376 g/mol. The lowest BCUT2D eigenvalue weighted by molar-refractivity contribution is 0.0966. The minimum absolute atomic E-state index is 0.196. The third-order valence-corrected chi connectivity index (χ3v) is 5.23. The Balaban J connectivity index is 1.60. The van der Waals surface area contributed by atoms with Gasteiger partial charge in [0.1, 0.15) is 0 Å². The smallest absolute Gasteiger partial charge is 0.321 e. The Kier molecular flexibility index (Phi) is 6.18. The molecule has 1 aromatic carbocycles. The van der Waals surface area contributed by atoms with Gasteiger partial charge < -0.3 is 30.6 Å². The van der Waals surface area contributed by atoms with Crippen molar-refractivity contribution in [3.63, 3.8) is 0 Å². The van der Waals surface area contributed by atoms with Gasteiger partial charge in [0.2, 0.25) is 0 Å². The number of nitrogens with one attached hydrogen (secondary N) is 2. The Morgan fingerprint density at radius 2 is 1.37 bits per heavy atom. The number of hydrogen-bond acceptors (Lipinski definition) is 4. The Morgan fingerprint density at radius 3 is 1.89 bits per heavy atom. The summed E-state index contributed by atoms with van der Waals surface area (Å²) in [5, 5.41) is 24.9. The summed E-state index contributed by atoms with van der Waals surface area (Å²) in [6.45, 7) is 4.02. The molecular formula is C19H28N4O4. The zero-order chi connectivity index (χ0) is 19.4. The first kappa shape index (κ1) is 19.4. The number of anilines is 2. The molecule has 0 atom stereocenters. The molecule has 2 saturated heterocycles. The van der Waals surface area contributed by atoms with E-state index in [9.17, 15) is 19.8 Å². The molecule has 3 rings (SSSR count). The lowest BCUT2D eigenvalue weighted by Crippen LogP contribution is -2.42. The van der Waals surface area contributed by atoms with Gasteiger partial charge in [0.25, 0.3) is 0 Å². The van der Waals surface area contributed by atoms with Crippen LogP contribution in [-0.2, 0) is 0 Å². The fraction of sp³-hybridized carbons (Fsp3) is 0.579. The predicted octanol–water partition coefficient (Wildman–Crippen LogP) is 1.97. The van der Waals surface area contributed by atoms with Crippen LogP contribution in [0.15, 0.2) is 18.2 Å². The van der Waals surface area contributed by atoms with Crippen LogP contribution in [0.3, 0.4) is 0 Å². The maximum Gasteiger partial charge on any atom is 0.321 e. The van der Waals surface area contributed by atoms with E-state index in [1.54, 1.807) is 21.9 Å². The van der Waals surface area contributed by atoms with Crippen molar-refractivity contribution in [1.29, 1.82) is 0 Å². The first-order valence-electron chi connectivity index (χ1n) is 9.51. The number of hydrogen-bond donors (Lipinski definition) is 4. The molecule has 27 heavy (non-hydrogen) atoms. The molecule has 0 unspecified atom stereocenters. The summed E-state index contributed by atoms with van der Waals surface area (Å²) in [5.41, 5.74) is 2.17. The second-order valence-corrected chi connectivity index (χ2v) is 7.33. The monoisotopic (exact) mass is 376 g/mol. The summed E-state index contributed by atoms with van der Waals surface area (Å²) in [5.74, 6) is 0. The number of urea groups is 2. The second-order valence-electron chi connectivity index (χ2n) is 7.33. The Hall–Kier alpha value is -2.32. The van der Waals surface area contributed by atoms with Gasteiger partial charge in [0.05, 0.1) is 12.2 Å². The molecule has 4 amide bonds. The molecule has 8 heteroatoms. The lowest BCUT2D eigenvalue weighted by atomic mass is 10.1. The topological polar surface area (TPSA) is 105 Å². The first-order valence-corrected chi connectivity index (χ1v) is 9.51. The van der Waals surface area contributed by atoms with E-state index in [4.69, 9.17) is 0 Å². The molecular weight excluding hydrogens is 348 g/mol. The van der Waals surface area contributed by atoms with Gasteiger partial charge in [-0.2, -0.15) is 0 Å². The standard InChI is InChI=1S/C19H28N4O4/c1-13-2-3-14(20-18(26)22-8-4-15(24)5-9-22)12-17(13)21-19(27)23-10-6-16(25)7-11-23/h2-3,12,15-16,24-25H,4-11H2,1H3,(H,20,26)(H,21,27). The molecule has 148 valence electrons. The van der Waals surface area contributed by atoms with Crippen LogP contribution in [-0.4, -0.2) is 70.5 Å². The van der Waals surface area contributed by atoms with E-state index >= 15 is 0 Å². The average Bonchev–Trinajstić information content (AvgIpc) is 2.65. The second kappa shape index (κ2) is 8.58. The van der Waals surface area contributed by atoms with Crippen molar-refractivity contribution in [2.45, 2.75) is 44.8 Å². The van der Waals surface area contributed by atoms with E-state index in [0.717, 1.165) is 5.56 Å². The summed E-state index contributed by atoms with van der Waals surface area (Å²) >= 11 is 0. The highest BCUT2D eigenvalue weighted by Gasteiger charge is 2.23. The van der Waals surface area contributed by atoms with Gasteiger partial charge in [0.15, 0.2) is 0 Å². The van der Waals surface area contributed by atoms with E-state index in [-0.39, 0.29) is 24.3 Å². The SMILES string of the molecule is Cc1ccc(NC(=O)N2CCC(O)CC2)cc1NC(=O)N1CCC(O)CC1. The van der Waals surface area contributed by atoms with E-state index < -0.39 is 0 Å². The molecule has 4 N–H and O–H groups in total. The number of likely N-dealkylation sites (tertiary alicyclic amines) is 2. The highest BCUT2D eigenvalue weighted by atomic mass is 16.3. The van der Waals surface area contributed by atoms with Crippen molar-refractivity contribution in [3.8, 4) is 0 Å². The van der Waals surface area contributed by atoms with Crippen molar-refractivity contribution in [1.82, 2.24) is 9.80 Å². The van der Waals surface area contributed by atoms with E-state index in [2.05, 4.69) is 10.6 Å². The summed E-state index contributed by atoms with van der Waals surface area (Å²) in [6, 6.07) is 5.01. The van der Waals surface area contributed by atoms with Gasteiger partial charge in [-0.25, -0.2) is 9.59 Å². The van der Waals surface area contributed by atoms with Crippen molar-refractivity contribution in [2.75, 3.05) is 36.8 Å². The quantitative estimate of drug-likeness (QED) is 0.633. The van der Waals surface area contributed by atoms with E-state index in [0.29, 0.717) is 63.2 Å². The van der Waals surface area contributed by atoms with Crippen molar-refractivity contribution >= 4 is 23.4 Å². The molecule has 0 spiro atoms. The molecule has 0 saturated carbocycles. The van der Waals surface area contributed by atoms with Crippen LogP contribution in [0.2, 0.25) is 0 Å². The van der Waals surface area contributed by atoms with Crippen molar-refractivity contribution in [2.24, 2.45) is 0 Å². The Morgan fingerprint density at radius 1 is 0.889 bits per heavy atom. The van der Waals surface area contributed by atoms with E-state index in [1.807, 2.05) is 13.0 Å². The highest BCUT2D eigenvalue weighted by molar-refractivity contribution is 5.93. The molecule has 1 aromatic rings. The predicted molar refractivity (Wildman–Crippen MR) is 103 cm³/mol. The largest absolute Gasteiger partial charge is 0.393 e. The zero-order valence-electron chi connectivity index (χ0n) is 15.6. The molecule has 0 aromatic heterocycles. The molecule has 2 fully saturated rings. The van der Waals surface area contributed by atoms with E-state index in [1.165, 1.54) is 0 Å². The van der Waals surface area contributed by atoms with Gasteiger partial charge in [-0.1, -0.05) is 6.07 Å². The fourth-order valence-electron chi connectivity index (χ4n) is 3.37. The van der Waals surface area contributed by atoms with Crippen molar-refractivity contribution in [3.05, 3.63) is 23.8 Å². The highest BCUT2D eigenvalue weighted by Crippen LogP contribution is 2.22. The molecule has 8 nitrogen and oxygen atoms in total. The van der Waals surface area contributed by atoms with Crippen LogP contribution < -0.4 is 10.6 Å². The van der Waals surface area contributed by atoms with Crippen LogP contribution in [0.4, 0.5) is 21.0 Å². The number of amides is 4. The third-order valence-electron chi connectivity index (χ3n) is 5.23. The number of carbonyl (C=O) groups excluding carboxylic acids is 2. The lowest BCUT2D eigenvalue weighted by Gasteiger charge is -2.30. The maximum atomic E-state index is 12.5. The number of rotatable bonds is 2. The Bertz CT molecular complexity index is 680. The summed E-state index contributed by atoms with van der Waals surface area (Å²) in [7, 11) is 0. The number of piperidine rings is 2. The fourth-order valence-corrected chi connectivity index (χ4v) is 3.37. The number of benzene rings is 1. The molecule has 0 bridgehead atoms. The van der Waals surface area contributed by atoms with Gasteiger partial charge >= 0.3 is 12.1 Å². The van der Waals surface area contributed by atoms with Gasteiger partial charge in [-0.3, -0.25) is 0 Å². The number of aliphatic hydroxyl groups is 2. The minimum Gasteiger partial charge on any atom is -0.393 e. The Labute approximate surface area is 159 Å². The number of aryl methyl sites for hydroxylation is 1.